The van der Waals surface area contributed by atoms with Gasteiger partial charge in [0.25, 0.3) is 0 Å². The van der Waals surface area contributed by atoms with Crippen LogP contribution in [0.25, 0.3) is 0 Å². The van der Waals surface area contributed by atoms with Gasteiger partial charge in [-0.1, -0.05) is 23.2 Å². The van der Waals surface area contributed by atoms with E-state index in [1.807, 2.05) is 6.92 Å². The first-order chi connectivity index (χ1) is 9.52. The summed E-state index contributed by atoms with van der Waals surface area (Å²) in [4.78, 5) is 15.2. The van der Waals surface area contributed by atoms with Gasteiger partial charge in [0, 0.05) is 11.6 Å². The van der Waals surface area contributed by atoms with Crippen molar-refractivity contribution in [3.8, 4) is 5.75 Å². The lowest BCUT2D eigenvalue weighted by molar-refractivity contribution is 0.0691. The SMILES string of the molecule is CCn1ncnc1COc1c(Cl)cc(Cl)cc1C(=O)O. The molecule has 2 aromatic rings. The summed E-state index contributed by atoms with van der Waals surface area (Å²) in [6.45, 7) is 2.62. The van der Waals surface area contributed by atoms with Crippen molar-refractivity contribution in [1.82, 2.24) is 14.8 Å². The normalized spacial score (nSPS) is 10.6. The fraction of sp³-hybridized carbons (Fsp3) is 0.250. The molecule has 0 aliphatic heterocycles. The first-order valence-corrected chi connectivity index (χ1v) is 6.50. The molecule has 0 spiro atoms. The van der Waals surface area contributed by atoms with Gasteiger partial charge >= 0.3 is 5.97 Å². The largest absolute Gasteiger partial charge is 0.483 e. The number of nitrogens with zero attached hydrogens (tertiary/aromatic N) is 3. The van der Waals surface area contributed by atoms with E-state index in [9.17, 15) is 4.79 Å². The predicted molar refractivity (Wildman–Crippen MR) is 73.4 cm³/mol. The first-order valence-electron chi connectivity index (χ1n) is 5.74. The Morgan fingerprint density at radius 2 is 2.20 bits per heavy atom. The van der Waals surface area contributed by atoms with Crippen molar-refractivity contribution in [3.63, 3.8) is 0 Å². The Labute approximate surface area is 124 Å². The number of carboxylic acid groups (broad SMARTS) is 1. The maximum absolute atomic E-state index is 11.2. The number of carbonyl (C=O) groups is 1. The van der Waals surface area contributed by atoms with Gasteiger partial charge in [-0.3, -0.25) is 0 Å². The average Bonchev–Trinajstić information content (AvgIpc) is 2.84. The molecule has 1 aromatic heterocycles. The summed E-state index contributed by atoms with van der Waals surface area (Å²) < 4.78 is 7.12. The number of rotatable bonds is 5. The van der Waals surface area contributed by atoms with Gasteiger partial charge in [0.2, 0.25) is 0 Å². The summed E-state index contributed by atoms with van der Waals surface area (Å²) >= 11 is 11.8. The lowest BCUT2D eigenvalue weighted by Gasteiger charge is -2.11. The molecule has 0 saturated carbocycles. The van der Waals surface area contributed by atoms with Gasteiger partial charge in [-0.25, -0.2) is 14.5 Å². The van der Waals surface area contributed by atoms with E-state index in [-0.39, 0.29) is 28.0 Å². The average molecular weight is 316 g/mol. The number of hydrogen-bond donors (Lipinski definition) is 1. The van der Waals surface area contributed by atoms with E-state index in [4.69, 9.17) is 33.0 Å². The summed E-state index contributed by atoms with van der Waals surface area (Å²) in [7, 11) is 0. The zero-order chi connectivity index (χ0) is 14.7. The van der Waals surface area contributed by atoms with E-state index in [0.29, 0.717) is 12.4 Å². The van der Waals surface area contributed by atoms with Crippen molar-refractivity contribution in [1.29, 1.82) is 0 Å². The molecule has 106 valence electrons. The van der Waals surface area contributed by atoms with E-state index in [0.717, 1.165) is 0 Å². The fourth-order valence-corrected chi connectivity index (χ4v) is 2.21. The lowest BCUT2D eigenvalue weighted by atomic mass is 10.2. The van der Waals surface area contributed by atoms with E-state index in [1.165, 1.54) is 18.5 Å². The third kappa shape index (κ3) is 3.02. The first kappa shape index (κ1) is 14.6. The summed E-state index contributed by atoms with van der Waals surface area (Å²) in [5.41, 5.74) is -0.0925. The quantitative estimate of drug-likeness (QED) is 0.918. The van der Waals surface area contributed by atoms with Gasteiger partial charge in [0.1, 0.15) is 18.5 Å². The Kier molecular flexibility index (Phi) is 4.46. The molecule has 20 heavy (non-hydrogen) atoms. The molecule has 0 aliphatic carbocycles. The van der Waals surface area contributed by atoms with Crippen LogP contribution in [0.5, 0.6) is 5.75 Å². The molecule has 1 aromatic carbocycles. The Morgan fingerprint density at radius 1 is 1.45 bits per heavy atom. The highest BCUT2D eigenvalue weighted by atomic mass is 35.5. The van der Waals surface area contributed by atoms with Crippen LogP contribution in [-0.2, 0) is 13.2 Å². The second-order valence-electron chi connectivity index (χ2n) is 3.85. The number of benzene rings is 1. The molecule has 1 heterocycles. The number of aromatic carboxylic acids is 1. The molecule has 6 nitrogen and oxygen atoms in total. The molecular weight excluding hydrogens is 305 g/mol. The maximum Gasteiger partial charge on any atom is 0.339 e. The van der Waals surface area contributed by atoms with Crippen LogP contribution in [0.15, 0.2) is 18.5 Å². The van der Waals surface area contributed by atoms with Crippen molar-refractivity contribution in [3.05, 3.63) is 39.9 Å². The monoisotopic (exact) mass is 315 g/mol. The molecule has 1 N–H and O–H groups in total. The molecule has 0 unspecified atom stereocenters. The Balaban J connectivity index is 2.27. The molecule has 0 saturated heterocycles. The maximum atomic E-state index is 11.2. The molecule has 0 atom stereocenters. The van der Waals surface area contributed by atoms with Crippen molar-refractivity contribution in [2.24, 2.45) is 0 Å². The number of aromatic nitrogens is 3. The Morgan fingerprint density at radius 3 is 2.85 bits per heavy atom. The van der Waals surface area contributed by atoms with Crippen LogP contribution in [0, 0.1) is 0 Å². The topological polar surface area (TPSA) is 77.2 Å². The van der Waals surface area contributed by atoms with Crippen LogP contribution >= 0.6 is 23.2 Å². The minimum absolute atomic E-state index is 0.0641. The number of halogens is 2. The third-order valence-corrected chi connectivity index (χ3v) is 3.08. The fourth-order valence-electron chi connectivity index (χ4n) is 1.67. The molecule has 2 rings (SSSR count). The van der Waals surface area contributed by atoms with Gasteiger partial charge in [0.15, 0.2) is 11.6 Å². The summed E-state index contributed by atoms with van der Waals surface area (Å²) in [6, 6.07) is 2.71. The standard InChI is InChI=1S/C12H11Cl2N3O3/c1-2-17-10(15-6-16-17)5-20-11-8(12(18)19)3-7(13)4-9(11)14/h3-4,6H,2,5H2,1H3,(H,18,19). The van der Waals surface area contributed by atoms with Crippen LogP contribution in [-0.4, -0.2) is 25.8 Å². The summed E-state index contributed by atoms with van der Waals surface area (Å²) in [6.07, 6.45) is 1.41. The summed E-state index contributed by atoms with van der Waals surface area (Å²) in [5.74, 6) is -0.523. The molecule has 0 radical (unpaired) electrons. The van der Waals surface area contributed by atoms with E-state index < -0.39 is 5.97 Å². The number of hydrogen-bond acceptors (Lipinski definition) is 4. The minimum atomic E-state index is -1.17. The van der Waals surface area contributed by atoms with Gasteiger partial charge in [-0.15, -0.1) is 0 Å². The van der Waals surface area contributed by atoms with E-state index in [1.54, 1.807) is 4.68 Å². The van der Waals surface area contributed by atoms with E-state index >= 15 is 0 Å². The van der Waals surface area contributed by atoms with Crippen LogP contribution in [0.4, 0.5) is 0 Å². The van der Waals surface area contributed by atoms with Crippen LogP contribution in [0.2, 0.25) is 10.0 Å². The number of ether oxygens (including phenoxy) is 1. The third-order valence-electron chi connectivity index (χ3n) is 2.58. The molecule has 0 bridgehead atoms. The highest BCUT2D eigenvalue weighted by Crippen LogP contribution is 2.32. The van der Waals surface area contributed by atoms with Crippen molar-refractivity contribution >= 4 is 29.2 Å². The van der Waals surface area contributed by atoms with Gasteiger partial charge in [-0.05, 0) is 19.1 Å². The van der Waals surface area contributed by atoms with Gasteiger partial charge < -0.3 is 9.84 Å². The minimum Gasteiger partial charge on any atom is -0.483 e. The zero-order valence-corrected chi connectivity index (χ0v) is 12.0. The predicted octanol–water partition coefficient (Wildman–Crippen LogP) is 2.88. The van der Waals surface area contributed by atoms with E-state index in [2.05, 4.69) is 10.1 Å². The zero-order valence-electron chi connectivity index (χ0n) is 10.5. The smallest absolute Gasteiger partial charge is 0.339 e. The molecule has 0 fully saturated rings. The van der Waals surface area contributed by atoms with Crippen molar-refractivity contribution in [2.45, 2.75) is 20.1 Å². The molecule has 0 aliphatic rings. The van der Waals surface area contributed by atoms with Crippen LogP contribution in [0.1, 0.15) is 23.1 Å². The van der Waals surface area contributed by atoms with Gasteiger partial charge in [-0.2, -0.15) is 5.10 Å². The lowest BCUT2D eigenvalue weighted by Crippen LogP contribution is -2.09. The summed E-state index contributed by atoms with van der Waals surface area (Å²) in [5, 5.41) is 13.5. The molecule has 8 heteroatoms. The number of aryl methyl sites for hydroxylation is 1. The Bertz CT molecular complexity index is 643. The molecule has 0 amide bonds. The Hall–Kier alpha value is -1.79. The second kappa shape index (κ2) is 6.11. The van der Waals surface area contributed by atoms with Gasteiger partial charge in [0.05, 0.1) is 5.02 Å². The highest BCUT2D eigenvalue weighted by Gasteiger charge is 2.17. The highest BCUT2D eigenvalue weighted by molar-refractivity contribution is 6.36. The second-order valence-corrected chi connectivity index (χ2v) is 4.69. The van der Waals surface area contributed by atoms with Crippen LogP contribution in [0.3, 0.4) is 0 Å². The number of carboxylic acids is 1. The molecular formula is C12H11Cl2N3O3. The van der Waals surface area contributed by atoms with Crippen LogP contribution < -0.4 is 4.74 Å². The van der Waals surface area contributed by atoms with Crippen molar-refractivity contribution in [2.75, 3.05) is 0 Å². The van der Waals surface area contributed by atoms with Crippen molar-refractivity contribution < 1.29 is 14.6 Å².